The molecule has 1 atom stereocenters. The third kappa shape index (κ3) is 3.04. The van der Waals surface area contributed by atoms with Crippen molar-refractivity contribution in [2.75, 3.05) is 46.4 Å². The van der Waals surface area contributed by atoms with Gasteiger partial charge in [-0.15, -0.1) is 0 Å². The van der Waals surface area contributed by atoms with Gasteiger partial charge in [-0.25, -0.2) is 0 Å². The summed E-state index contributed by atoms with van der Waals surface area (Å²) in [5, 5.41) is 4.76. The Morgan fingerprint density at radius 2 is 2.04 bits per heavy atom. The Labute approximate surface area is 144 Å². The molecule has 0 radical (unpaired) electrons. The van der Waals surface area contributed by atoms with Gasteiger partial charge in [0.05, 0.1) is 7.11 Å². The zero-order chi connectivity index (χ0) is 16.5. The summed E-state index contributed by atoms with van der Waals surface area (Å²) in [5.74, 6) is 0.926. The maximum absolute atomic E-state index is 5.36. The van der Waals surface area contributed by atoms with Crippen LogP contribution in [0.5, 0.6) is 5.75 Å². The molecule has 0 unspecified atom stereocenters. The summed E-state index contributed by atoms with van der Waals surface area (Å²) in [5.41, 5.74) is 3.90. The number of methoxy groups -OCH3 is 1. The first-order valence-corrected chi connectivity index (χ1v) is 9.07. The fraction of sp³-hybridized carbons (Fsp3) is 0.579. The molecule has 0 bridgehead atoms. The summed E-state index contributed by atoms with van der Waals surface area (Å²) in [7, 11) is 1.73. The molecule has 2 N–H and O–H groups in total. The number of ether oxygens (including phenoxy) is 1. The number of fused-ring (bicyclic) bond motifs is 1. The van der Waals surface area contributed by atoms with Crippen molar-refractivity contribution in [3.8, 4) is 5.75 Å². The molecule has 1 aromatic heterocycles. The number of hydrogen-bond acceptors (Lipinski definition) is 4. The minimum Gasteiger partial charge on any atom is -0.497 e. The molecule has 2 aliphatic rings. The third-order valence-electron chi connectivity index (χ3n) is 5.71. The lowest BCUT2D eigenvalue weighted by Gasteiger charge is -2.37. The van der Waals surface area contributed by atoms with Crippen LogP contribution in [0, 0.1) is 6.92 Å². The molecule has 130 valence electrons. The van der Waals surface area contributed by atoms with Gasteiger partial charge in [-0.05, 0) is 43.7 Å². The summed E-state index contributed by atoms with van der Waals surface area (Å²) < 4.78 is 5.36. The molecule has 3 heterocycles. The van der Waals surface area contributed by atoms with Crippen LogP contribution in [0.15, 0.2) is 18.2 Å². The first kappa shape index (κ1) is 15.9. The summed E-state index contributed by atoms with van der Waals surface area (Å²) in [6, 6.07) is 7.04. The van der Waals surface area contributed by atoms with Gasteiger partial charge in [0.15, 0.2) is 0 Å². The quantitative estimate of drug-likeness (QED) is 0.901. The van der Waals surface area contributed by atoms with Gasteiger partial charge in [0, 0.05) is 61.9 Å². The highest BCUT2D eigenvalue weighted by Crippen LogP contribution is 2.27. The van der Waals surface area contributed by atoms with E-state index in [4.69, 9.17) is 4.74 Å². The Hall–Kier alpha value is -1.56. The Morgan fingerprint density at radius 3 is 2.75 bits per heavy atom. The lowest BCUT2D eigenvalue weighted by molar-refractivity contribution is 0.0974. The molecule has 0 spiro atoms. The topological polar surface area (TPSA) is 43.5 Å². The number of aromatic amines is 1. The predicted octanol–water partition coefficient (Wildman–Crippen LogP) is 1.96. The number of aromatic nitrogens is 1. The SMILES string of the molecule is COc1ccc2[nH]c(CN3CCN([C@@H]4CCNC4)CC3)c(C)c2c1. The molecular weight excluding hydrogens is 300 g/mol. The van der Waals surface area contributed by atoms with E-state index in [2.05, 4.69) is 39.2 Å². The van der Waals surface area contributed by atoms with Crippen LogP contribution < -0.4 is 10.1 Å². The normalized spacial score (nSPS) is 23.2. The van der Waals surface area contributed by atoms with Crippen LogP contribution >= 0.6 is 0 Å². The summed E-state index contributed by atoms with van der Waals surface area (Å²) in [6.45, 7) is 10.3. The summed E-state index contributed by atoms with van der Waals surface area (Å²) in [6.07, 6.45) is 1.31. The van der Waals surface area contributed by atoms with Crippen LogP contribution in [0.1, 0.15) is 17.7 Å². The van der Waals surface area contributed by atoms with Crippen molar-refractivity contribution in [3.05, 3.63) is 29.5 Å². The van der Waals surface area contributed by atoms with Crippen LogP contribution in [0.25, 0.3) is 10.9 Å². The van der Waals surface area contributed by atoms with Crippen molar-refractivity contribution in [1.29, 1.82) is 0 Å². The number of aryl methyl sites for hydroxylation is 1. The van der Waals surface area contributed by atoms with Crippen molar-refractivity contribution in [2.24, 2.45) is 0 Å². The van der Waals surface area contributed by atoms with Crippen LogP contribution in [0.4, 0.5) is 0 Å². The molecular formula is C19H28N4O. The van der Waals surface area contributed by atoms with Crippen LogP contribution in [-0.4, -0.2) is 67.2 Å². The van der Waals surface area contributed by atoms with Crippen molar-refractivity contribution in [1.82, 2.24) is 20.1 Å². The minimum absolute atomic E-state index is 0.759. The van der Waals surface area contributed by atoms with Crippen molar-refractivity contribution < 1.29 is 4.74 Å². The highest BCUT2D eigenvalue weighted by Gasteiger charge is 2.26. The van der Waals surface area contributed by atoms with E-state index < -0.39 is 0 Å². The third-order valence-corrected chi connectivity index (χ3v) is 5.71. The number of piperazine rings is 1. The van der Waals surface area contributed by atoms with E-state index in [9.17, 15) is 0 Å². The molecule has 0 amide bonds. The second-order valence-corrected chi connectivity index (χ2v) is 7.10. The molecule has 5 heteroatoms. The number of benzene rings is 1. The Balaban J connectivity index is 1.42. The zero-order valence-corrected chi connectivity index (χ0v) is 14.8. The second-order valence-electron chi connectivity index (χ2n) is 7.10. The van der Waals surface area contributed by atoms with E-state index in [1.54, 1.807) is 7.11 Å². The average molecular weight is 328 g/mol. The number of nitrogens with zero attached hydrogens (tertiary/aromatic N) is 2. The fourth-order valence-electron chi connectivity index (χ4n) is 4.11. The van der Waals surface area contributed by atoms with Crippen molar-refractivity contribution >= 4 is 10.9 Å². The van der Waals surface area contributed by atoms with E-state index in [1.165, 1.54) is 54.8 Å². The van der Waals surface area contributed by atoms with Gasteiger partial charge in [0.25, 0.3) is 0 Å². The Kier molecular flexibility index (Phi) is 4.48. The largest absolute Gasteiger partial charge is 0.497 e. The van der Waals surface area contributed by atoms with E-state index >= 15 is 0 Å². The molecule has 4 rings (SSSR count). The van der Waals surface area contributed by atoms with Gasteiger partial charge < -0.3 is 15.0 Å². The smallest absolute Gasteiger partial charge is 0.119 e. The number of rotatable bonds is 4. The molecule has 0 saturated carbocycles. The molecule has 2 aromatic rings. The summed E-state index contributed by atoms with van der Waals surface area (Å²) >= 11 is 0. The predicted molar refractivity (Wildman–Crippen MR) is 97.7 cm³/mol. The van der Waals surface area contributed by atoms with Gasteiger partial charge in [-0.2, -0.15) is 0 Å². The maximum Gasteiger partial charge on any atom is 0.119 e. The van der Waals surface area contributed by atoms with Gasteiger partial charge in [0.1, 0.15) is 5.75 Å². The van der Waals surface area contributed by atoms with Gasteiger partial charge >= 0.3 is 0 Å². The monoisotopic (exact) mass is 328 g/mol. The van der Waals surface area contributed by atoms with E-state index in [0.717, 1.165) is 31.4 Å². The molecule has 2 aliphatic heterocycles. The number of hydrogen-bond donors (Lipinski definition) is 2. The molecule has 5 nitrogen and oxygen atoms in total. The lowest BCUT2D eigenvalue weighted by atomic mass is 10.1. The highest BCUT2D eigenvalue weighted by molar-refractivity contribution is 5.85. The maximum atomic E-state index is 5.36. The molecule has 1 aromatic carbocycles. The van der Waals surface area contributed by atoms with Crippen molar-refractivity contribution in [3.63, 3.8) is 0 Å². The molecule has 0 aliphatic carbocycles. The van der Waals surface area contributed by atoms with E-state index in [1.807, 2.05) is 6.07 Å². The molecule has 24 heavy (non-hydrogen) atoms. The van der Waals surface area contributed by atoms with Crippen LogP contribution in [-0.2, 0) is 6.54 Å². The van der Waals surface area contributed by atoms with Crippen LogP contribution in [0.3, 0.4) is 0 Å². The second kappa shape index (κ2) is 6.75. The molecule has 2 fully saturated rings. The van der Waals surface area contributed by atoms with Gasteiger partial charge in [0.2, 0.25) is 0 Å². The van der Waals surface area contributed by atoms with Crippen LogP contribution in [0.2, 0.25) is 0 Å². The van der Waals surface area contributed by atoms with Gasteiger partial charge in [-0.3, -0.25) is 9.80 Å². The van der Waals surface area contributed by atoms with Crippen molar-refractivity contribution in [2.45, 2.75) is 25.9 Å². The van der Waals surface area contributed by atoms with E-state index in [0.29, 0.717) is 0 Å². The van der Waals surface area contributed by atoms with Gasteiger partial charge in [-0.1, -0.05) is 0 Å². The average Bonchev–Trinajstić information content (AvgIpc) is 3.25. The lowest BCUT2D eigenvalue weighted by Crippen LogP contribution is -2.50. The Morgan fingerprint density at radius 1 is 1.21 bits per heavy atom. The first-order chi connectivity index (χ1) is 11.7. The summed E-state index contributed by atoms with van der Waals surface area (Å²) in [4.78, 5) is 8.85. The van der Waals surface area contributed by atoms with E-state index in [-0.39, 0.29) is 0 Å². The standard InChI is InChI=1S/C19H28N4O/c1-14-17-11-16(24-2)3-4-18(17)21-19(14)13-22-7-9-23(10-8-22)15-5-6-20-12-15/h3-4,11,15,20-21H,5-10,12-13H2,1-2H3/t15-/m1/s1. The Bertz CT molecular complexity index is 697. The fourth-order valence-corrected chi connectivity index (χ4v) is 4.11. The first-order valence-electron chi connectivity index (χ1n) is 9.07. The number of nitrogens with one attached hydrogen (secondary N) is 2. The molecule has 2 saturated heterocycles. The minimum atomic E-state index is 0.759. The number of H-pyrrole nitrogens is 1. The zero-order valence-electron chi connectivity index (χ0n) is 14.8. The highest BCUT2D eigenvalue weighted by atomic mass is 16.5.